The third-order valence-electron chi connectivity index (χ3n) is 4.95. The van der Waals surface area contributed by atoms with E-state index < -0.39 is 5.97 Å². The Morgan fingerprint density at radius 3 is 2.63 bits per heavy atom. The Hall–Kier alpha value is -3.41. The summed E-state index contributed by atoms with van der Waals surface area (Å²) < 4.78 is 19.0. The van der Waals surface area contributed by atoms with Crippen molar-refractivity contribution >= 4 is 11.7 Å². The van der Waals surface area contributed by atoms with Crippen molar-refractivity contribution in [3.63, 3.8) is 0 Å². The Bertz CT molecular complexity index is 1010. The molecule has 0 saturated heterocycles. The maximum absolute atomic E-state index is 13.2. The summed E-state index contributed by atoms with van der Waals surface area (Å²) in [7, 11) is 0. The van der Waals surface area contributed by atoms with Gasteiger partial charge in [-0.1, -0.05) is 38.1 Å². The fourth-order valence-corrected chi connectivity index (χ4v) is 3.45. The predicted molar refractivity (Wildman–Crippen MR) is 116 cm³/mol. The van der Waals surface area contributed by atoms with Crippen molar-refractivity contribution in [1.29, 1.82) is 0 Å². The molecule has 2 heterocycles. The standard InChI is InChI=1S/C22H19FN2O3.C2H6/c23-17-4-1-14(2-5-17)15-3-6-18-16(8-10-28-21(18)11-15)12-25-20-13-24-9-7-19(20)22(26)27;1-2/h1-7,9,11,13,16,25H,8,10,12H2,(H,26,27);1-2H3/t16-;/m1./s1. The molecule has 5 nitrogen and oxygen atoms in total. The summed E-state index contributed by atoms with van der Waals surface area (Å²) >= 11 is 0. The third kappa shape index (κ3) is 4.76. The zero-order valence-corrected chi connectivity index (χ0v) is 17.1. The number of fused-ring (bicyclic) bond motifs is 1. The minimum atomic E-state index is -0.985. The van der Waals surface area contributed by atoms with Crippen LogP contribution in [0, 0.1) is 5.82 Å². The minimum absolute atomic E-state index is 0.188. The van der Waals surface area contributed by atoms with E-state index in [1.54, 1.807) is 12.1 Å². The Balaban J connectivity index is 0.00000124. The molecule has 30 heavy (non-hydrogen) atoms. The highest BCUT2D eigenvalue weighted by atomic mass is 19.1. The Kier molecular flexibility index (Phi) is 7.01. The van der Waals surface area contributed by atoms with Crippen molar-refractivity contribution in [2.45, 2.75) is 26.2 Å². The number of benzene rings is 2. The average molecular weight is 408 g/mol. The number of carbonyl (C=O) groups is 1. The molecule has 1 aliphatic heterocycles. The molecule has 0 amide bonds. The number of rotatable bonds is 5. The first-order valence-corrected chi connectivity index (χ1v) is 10.1. The van der Waals surface area contributed by atoms with Gasteiger partial charge in [-0.05, 0) is 47.4 Å². The number of ether oxygens (including phenoxy) is 1. The van der Waals surface area contributed by atoms with Crippen molar-refractivity contribution in [1.82, 2.24) is 4.98 Å². The monoisotopic (exact) mass is 408 g/mol. The summed E-state index contributed by atoms with van der Waals surface area (Å²) in [6, 6.07) is 13.9. The van der Waals surface area contributed by atoms with E-state index in [4.69, 9.17) is 4.74 Å². The normalized spacial score (nSPS) is 14.6. The molecule has 0 unspecified atom stereocenters. The second-order valence-corrected chi connectivity index (χ2v) is 6.70. The fourth-order valence-electron chi connectivity index (χ4n) is 3.45. The summed E-state index contributed by atoms with van der Waals surface area (Å²) in [4.78, 5) is 15.4. The van der Waals surface area contributed by atoms with Crippen LogP contribution in [0.2, 0.25) is 0 Å². The zero-order chi connectivity index (χ0) is 21.5. The number of hydrogen-bond donors (Lipinski definition) is 2. The number of carboxylic acids is 1. The second-order valence-electron chi connectivity index (χ2n) is 6.70. The van der Waals surface area contributed by atoms with Crippen LogP contribution in [0.15, 0.2) is 60.9 Å². The lowest BCUT2D eigenvalue weighted by atomic mass is 9.91. The van der Waals surface area contributed by atoms with Crippen LogP contribution >= 0.6 is 0 Å². The van der Waals surface area contributed by atoms with Crippen molar-refractivity contribution < 1.29 is 19.0 Å². The number of aromatic nitrogens is 1. The van der Waals surface area contributed by atoms with E-state index in [0.29, 0.717) is 18.8 Å². The summed E-state index contributed by atoms with van der Waals surface area (Å²) in [6.45, 7) is 5.17. The van der Waals surface area contributed by atoms with Gasteiger partial charge in [0.05, 0.1) is 24.1 Å². The van der Waals surface area contributed by atoms with Gasteiger partial charge < -0.3 is 15.2 Å². The van der Waals surface area contributed by atoms with Crippen LogP contribution in [0.25, 0.3) is 11.1 Å². The smallest absolute Gasteiger partial charge is 0.337 e. The van der Waals surface area contributed by atoms with Crippen LogP contribution in [-0.4, -0.2) is 29.2 Å². The fraction of sp³-hybridized carbons (Fsp3) is 0.250. The summed E-state index contributed by atoms with van der Waals surface area (Å²) in [5.74, 6) is -0.251. The van der Waals surface area contributed by atoms with Crippen LogP contribution in [-0.2, 0) is 0 Å². The number of nitrogens with zero attached hydrogens (tertiary/aromatic N) is 1. The van der Waals surface area contributed by atoms with Crippen LogP contribution in [0.1, 0.15) is 42.1 Å². The van der Waals surface area contributed by atoms with Gasteiger partial charge in [0.2, 0.25) is 0 Å². The molecule has 156 valence electrons. The molecule has 3 aromatic rings. The molecule has 6 heteroatoms. The molecule has 0 aliphatic carbocycles. The molecule has 2 aromatic carbocycles. The molecule has 0 fully saturated rings. The molecule has 0 bridgehead atoms. The van der Waals surface area contributed by atoms with Gasteiger partial charge in [-0.3, -0.25) is 4.98 Å². The minimum Gasteiger partial charge on any atom is -0.493 e. The van der Waals surface area contributed by atoms with Crippen molar-refractivity contribution in [2.75, 3.05) is 18.5 Å². The first-order valence-electron chi connectivity index (χ1n) is 10.1. The van der Waals surface area contributed by atoms with E-state index in [9.17, 15) is 14.3 Å². The molecule has 0 radical (unpaired) electrons. The molecule has 0 spiro atoms. The van der Waals surface area contributed by atoms with E-state index in [0.717, 1.165) is 28.9 Å². The van der Waals surface area contributed by atoms with E-state index >= 15 is 0 Å². The topological polar surface area (TPSA) is 71.5 Å². The summed E-state index contributed by atoms with van der Waals surface area (Å²) in [6.07, 6.45) is 3.83. The molecule has 1 aromatic heterocycles. The highest BCUT2D eigenvalue weighted by molar-refractivity contribution is 5.93. The van der Waals surface area contributed by atoms with Crippen LogP contribution < -0.4 is 10.1 Å². The van der Waals surface area contributed by atoms with Crippen LogP contribution in [0.4, 0.5) is 10.1 Å². The maximum atomic E-state index is 13.2. The first-order chi connectivity index (χ1) is 14.6. The van der Waals surface area contributed by atoms with Gasteiger partial charge >= 0.3 is 5.97 Å². The van der Waals surface area contributed by atoms with E-state index in [1.807, 2.05) is 32.0 Å². The number of nitrogens with one attached hydrogen (secondary N) is 1. The highest BCUT2D eigenvalue weighted by Crippen LogP contribution is 2.37. The Morgan fingerprint density at radius 2 is 1.90 bits per heavy atom. The van der Waals surface area contributed by atoms with Crippen molar-refractivity contribution in [3.05, 3.63) is 77.9 Å². The predicted octanol–water partition coefficient (Wildman–Crippen LogP) is 5.59. The van der Waals surface area contributed by atoms with E-state index in [1.165, 1.54) is 30.6 Å². The molecule has 1 atom stereocenters. The molecule has 1 aliphatic rings. The number of carboxylic acid groups (broad SMARTS) is 1. The molecular formula is C24H25FN2O3. The van der Waals surface area contributed by atoms with Gasteiger partial charge in [0, 0.05) is 18.7 Å². The average Bonchev–Trinajstić information content (AvgIpc) is 2.79. The highest BCUT2D eigenvalue weighted by Gasteiger charge is 2.22. The number of pyridine rings is 1. The second kappa shape index (κ2) is 9.87. The maximum Gasteiger partial charge on any atom is 0.337 e. The molecule has 2 N–H and O–H groups in total. The third-order valence-corrected chi connectivity index (χ3v) is 4.95. The van der Waals surface area contributed by atoms with Crippen molar-refractivity contribution in [3.8, 4) is 16.9 Å². The molecule has 0 saturated carbocycles. The van der Waals surface area contributed by atoms with E-state index in [2.05, 4.69) is 10.3 Å². The van der Waals surface area contributed by atoms with Gasteiger partial charge in [-0.2, -0.15) is 0 Å². The van der Waals surface area contributed by atoms with Gasteiger partial charge in [0.15, 0.2) is 0 Å². The summed E-state index contributed by atoms with van der Waals surface area (Å²) in [5.41, 5.74) is 3.67. The Morgan fingerprint density at radius 1 is 1.17 bits per heavy atom. The van der Waals surface area contributed by atoms with Crippen molar-refractivity contribution in [2.24, 2.45) is 0 Å². The van der Waals surface area contributed by atoms with Crippen LogP contribution in [0.5, 0.6) is 5.75 Å². The van der Waals surface area contributed by atoms with Gasteiger partial charge in [0.25, 0.3) is 0 Å². The lowest BCUT2D eigenvalue weighted by molar-refractivity contribution is 0.0697. The van der Waals surface area contributed by atoms with Gasteiger partial charge in [-0.25, -0.2) is 9.18 Å². The lowest BCUT2D eigenvalue weighted by Crippen LogP contribution is -2.21. The number of anilines is 1. The largest absolute Gasteiger partial charge is 0.493 e. The summed E-state index contributed by atoms with van der Waals surface area (Å²) in [5, 5.41) is 12.5. The quantitative estimate of drug-likeness (QED) is 0.576. The molecule has 4 rings (SSSR count). The molecular weight excluding hydrogens is 383 g/mol. The zero-order valence-electron chi connectivity index (χ0n) is 17.1. The number of aromatic carboxylic acids is 1. The first kappa shape index (κ1) is 21.3. The Labute approximate surface area is 175 Å². The number of hydrogen-bond acceptors (Lipinski definition) is 4. The van der Waals surface area contributed by atoms with Gasteiger partial charge in [0.1, 0.15) is 11.6 Å². The van der Waals surface area contributed by atoms with Gasteiger partial charge in [-0.15, -0.1) is 0 Å². The van der Waals surface area contributed by atoms with E-state index in [-0.39, 0.29) is 17.3 Å². The SMILES string of the molecule is CC.O=C(O)c1ccncc1NC[C@H]1CCOc2cc(-c3ccc(F)cc3)ccc21. The van der Waals surface area contributed by atoms with Crippen LogP contribution in [0.3, 0.4) is 0 Å². The lowest BCUT2D eigenvalue weighted by Gasteiger charge is -2.27. The number of halogens is 1.